The molecule has 0 atom stereocenters. The summed E-state index contributed by atoms with van der Waals surface area (Å²) in [5.74, 6) is -1.85. The van der Waals surface area contributed by atoms with Gasteiger partial charge < -0.3 is 14.6 Å². The maximum absolute atomic E-state index is 12.3. The molecule has 1 heterocycles. The Balaban J connectivity index is 2.17. The fourth-order valence-electron chi connectivity index (χ4n) is 1.65. The number of halogens is 2. The minimum absolute atomic E-state index is 0.0526. The van der Waals surface area contributed by atoms with Gasteiger partial charge in [0.25, 0.3) is 0 Å². The van der Waals surface area contributed by atoms with Gasteiger partial charge in [-0.2, -0.15) is 8.78 Å². The topological polar surface area (TPSA) is 66.4 Å². The lowest BCUT2D eigenvalue weighted by Crippen LogP contribution is -2.20. The molecule has 2 rings (SSSR count). The van der Waals surface area contributed by atoms with Crippen LogP contribution in [-0.4, -0.2) is 18.4 Å². The molecule has 1 aromatic carbocycles. The largest absolute Gasteiger partial charge is 0.544 e. The first-order valence-electron chi connectivity index (χ1n) is 6.05. The number of carbonyl (C=O) groups is 2. The lowest BCUT2D eigenvalue weighted by atomic mass is 10.1. The van der Waals surface area contributed by atoms with E-state index in [4.69, 9.17) is 0 Å². The molecule has 0 amide bonds. The van der Waals surface area contributed by atoms with Gasteiger partial charge in [0.2, 0.25) is 0 Å². The van der Waals surface area contributed by atoms with E-state index in [1.165, 1.54) is 42.5 Å². The van der Waals surface area contributed by atoms with Crippen LogP contribution in [0.25, 0.3) is 6.08 Å². The fourth-order valence-corrected chi connectivity index (χ4v) is 2.41. The summed E-state index contributed by atoms with van der Waals surface area (Å²) in [4.78, 5) is 22.7. The van der Waals surface area contributed by atoms with Crippen LogP contribution >= 0.6 is 11.3 Å². The first-order chi connectivity index (χ1) is 10.5. The molecule has 0 aliphatic heterocycles. The molecule has 0 saturated carbocycles. The molecule has 0 aliphatic rings. The zero-order valence-corrected chi connectivity index (χ0v) is 11.8. The lowest BCUT2D eigenvalue weighted by molar-refractivity contribution is -0.254. The number of allylic oxidation sites excluding steroid dienone is 1. The summed E-state index contributed by atoms with van der Waals surface area (Å²) in [5, 5.41) is 10.6. The number of hydrogen-bond acceptors (Lipinski definition) is 5. The van der Waals surface area contributed by atoms with Crippen LogP contribution in [0.4, 0.5) is 8.78 Å². The van der Waals surface area contributed by atoms with E-state index in [9.17, 15) is 23.5 Å². The van der Waals surface area contributed by atoms with Crippen LogP contribution in [0.2, 0.25) is 0 Å². The highest BCUT2D eigenvalue weighted by molar-refractivity contribution is 7.16. The highest BCUT2D eigenvalue weighted by Gasteiger charge is 2.09. The number of ether oxygens (including phenoxy) is 1. The number of rotatable bonds is 6. The minimum Gasteiger partial charge on any atom is -0.544 e. The maximum atomic E-state index is 12.3. The number of ketones is 1. The average Bonchev–Trinajstić information content (AvgIpc) is 2.95. The number of hydrogen-bond donors (Lipinski definition) is 0. The van der Waals surface area contributed by atoms with E-state index < -0.39 is 18.4 Å². The second-order valence-electron chi connectivity index (χ2n) is 4.07. The number of carbonyl (C=O) groups excluding carboxylic acids is 2. The highest BCUT2D eigenvalue weighted by atomic mass is 32.1. The fraction of sp³-hybridized carbons (Fsp3) is 0.0667. The van der Waals surface area contributed by atoms with Crippen molar-refractivity contribution >= 4 is 29.2 Å². The first-order valence-corrected chi connectivity index (χ1v) is 6.86. The summed E-state index contributed by atoms with van der Waals surface area (Å²) in [6, 6.07) is 8.65. The minimum atomic E-state index is -2.96. The molecule has 4 nitrogen and oxygen atoms in total. The molecule has 114 valence electrons. The number of benzene rings is 1. The van der Waals surface area contributed by atoms with Gasteiger partial charge in [-0.1, -0.05) is 18.2 Å². The molecule has 0 spiro atoms. The zero-order chi connectivity index (χ0) is 16.1. The molecule has 0 N–H and O–H groups in total. The summed E-state index contributed by atoms with van der Waals surface area (Å²) in [6.45, 7) is -2.96. The predicted molar refractivity (Wildman–Crippen MR) is 75.1 cm³/mol. The quantitative estimate of drug-likeness (QED) is 0.605. The van der Waals surface area contributed by atoms with Crippen LogP contribution in [0.5, 0.6) is 5.75 Å². The smallest absolute Gasteiger partial charge is 0.387 e. The molecular weight excluding hydrogens is 314 g/mol. The Morgan fingerprint density at radius 1 is 1.14 bits per heavy atom. The molecule has 0 saturated heterocycles. The Bertz CT molecular complexity index is 722. The Labute approximate surface area is 128 Å². The van der Waals surface area contributed by atoms with E-state index in [2.05, 4.69) is 4.74 Å². The zero-order valence-electron chi connectivity index (χ0n) is 11.0. The van der Waals surface area contributed by atoms with E-state index in [0.717, 1.165) is 11.3 Å². The van der Waals surface area contributed by atoms with Gasteiger partial charge in [-0.3, -0.25) is 4.79 Å². The summed E-state index contributed by atoms with van der Waals surface area (Å²) in [5.41, 5.74) is 0.313. The van der Waals surface area contributed by atoms with Crippen LogP contribution in [-0.2, 0) is 0 Å². The van der Waals surface area contributed by atoms with Crippen molar-refractivity contribution in [2.24, 2.45) is 0 Å². The summed E-state index contributed by atoms with van der Waals surface area (Å²) < 4.78 is 28.9. The van der Waals surface area contributed by atoms with Gasteiger partial charge in [0.1, 0.15) is 5.75 Å². The highest BCUT2D eigenvalue weighted by Crippen LogP contribution is 2.22. The number of aromatic carboxylic acids is 1. The number of carboxylic acid groups (broad SMARTS) is 1. The summed E-state index contributed by atoms with van der Waals surface area (Å²) in [6.07, 6.45) is 2.50. The van der Waals surface area contributed by atoms with Gasteiger partial charge in [-0.05, 0) is 30.4 Å². The van der Waals surface area contributed by atoms with Crippen LogP contribution < -0.4 is 9.84 Å². The number of thiophene rings is 1. The Kier molecular flexibility index (Phi) is 5.00. The Morgan fingerprint density at radius 3 is 2.45 bits per heavy atom. The van der Waals surface area contributed by atoms with Gasteiger partial charge >= 0.3 is 6.61 Å². The molecule has 0 aliphatic carbocycles. The third kappa shape index (κ3) is 3.98. The van der Waals surface area contributed by atoms with E-state index >= 15 is 0 Å². The van der Waals surface area contributed by atoms with Crippen LogP contribution in [0.15, 0.2) is 42.5 Å². The average molecular weight is 323 g/mol. The Hall–Kier alpha value is -2.54. The van der Waals surface area contributed by atoms with Crippen LogP contribution in [0, 0.1) is 0 Å². The van der Waals surface area contributed by atoms with Crippen molar-refractivity contribution in [3.8, 4) is 5.75 Å². The van der Waals surface area contributed by atoms with Gasteiger partial charge in [0.15, 0.2) is 5.78 Å². The standard InChI is InChI=1S/C15H10F2O4S/c16-15(17)21-11-4-2-1-3-9(11)5-6-10(18)12-7-8-13(22-12)14(19)20/h1-8,15H,(H,19,20)/p-1/b6-5+. The third-order valence-electron chi connectivity index (χ3n) is 2.60. The van der Waals surface area contributed by atoms with Crippen molar-refractivity contribution < 1.29 is 28.2 Å². The van der Waals surface area contributed by atoms with E-state index in [1.54, 1.807) is 6.07 Å². The van der Waals surface area contributed by atoms with Crippen molar-refractivity contribution in [1.29, 1.82) is 0 Å². The molecule has 0 bridgehead atoms. The van der Waals surface area contributed by atoms with Crippen LogP contribution in [0.1, 0.15) is 24.9 Å². The second-order valence-corrected chi connectivity index (χ2v) is 5.15. The molecule has 0 fully saturated rings. The number of alkyl halides is 2. The van der Waals surface area contributed by atoms with Crippen LogP contribution in [0.3, 0.4) is 0 Å². The maximum Gasteiger partial charge on any atom is 0.387 e. The summed E-state index contributed by atoms with van der Waals surface area (Å²) >= 11 is 0.785. The lowest BCUT2D eigenvalue weighted by Gasteiger charge is -2.06. The van der Waals surface area contributed by atoms with Crippen molar-refractivity contribution in [3.05, 3.63) is 57.8 Å². The number of para-hydroxylation sites is 1. The van der Waals surface area contributed by atoms with E-state index in [-0.39, 0.29) is 15.5 Å². The molecule has 2 aromatic rings. The third-order valence-corrected chi connectivity index (χ3v) is 3.68. The Morgan fingerprint density at radius 2 is 1.82 bits per heavy atom. The SMILES string of the molecule is O=C([O-])c1ccc(C(=O)/C=C/c2ccccc2OC(F)F)s1. The van der Waals surface area contributed by atoms with Gasteiger partial charge in [0, 0.05) is 5.56 Å². The molecule has 22 heavy (non-hydrogen) atoms. The van der Waals surface area contributed by atoms with E-state index in [0.29, 0.717) is 5.56 Å². The van der Waals surface area contributed by atoms with Crippen molar-refractivity contribution in [2.45, 2.75) is 6.61 Å². The van der Waals surface area contributed by atoms with Crippen molar-refractivity contribution in [1.82, 2.24) is 0 Å². The molecule has 7 heteroatoms. The normalized spacial score (nSPS) is 11.0. The van der Waals surface area contributed by atoms with Gasteiger partial charge in [-0.25, -0.2) is 0 Å². The molecule has 0 radical (unpaired) electrons. The molecule has 0 unspecified atom stereocenters. The first kappa shape index (κ1) is 15.8. The van der Waals surface area contributed by atoms with E-state index in [1.807, 2.05) is 0 Å². The van der Waals surface area contributed by atoms with Crippen molar-refractivity contribution in [2.75, 3.05) is 0 Å². The predicted octanol–water partition coefficient (Wildman–Crippen LogP) is 2.61. The van der Waals surface area contributed by atoms with Gasteiger partial charge in [0.05, 0.1) is 15.7 Å². The molecular formula is C15H9F2O4S-. The van der Waals surface area contributed by atoms with Crippen molar-refractivity contribution in [3.63, 3.8) is 0 Å². The molecule has 1 aromatic heterocycles. The second kappa shape index (κ2) is 6.95. The number of carboxylic acids is 1. The van der Waals surface area contributed by atoms with Gasteiger partial charge in [-0.15, -0.1) is 11.3 Å². The monoisotopic (exact) mass is 323 g/mol. The summed E-state index contributed by atoms with van der Waals surface area (Å²) in [7, 11) is 0.